The molecule has 0 aromatic carbocycles. The highest BCUT2D eigenvalue weighted by molar-refractivity contribution is 5.80. The van der Waals surface area contributed by atoms with Gasteiger partial charge in [0.1, 0.15) is 0 Å². The average Bonchev–Trinajstić information content (AvgIpc) is 2.62. The lowest BCUT2D eigenvalue weighted by molar-refractivity contribution is -0.121. The minimum Gasteiger partial charge on any atom is -0.373 e. The summed E-state index contributed by atoms with van der Waals surface area (Å²) in [6.07, 6.45) is 3.25. The van der Waals surface area contributed by atoms with Crippen LogP contribution in [-0.2, 0) is 9.53 Å². The smallest absolute Gasteiger partial charge is 0.220 e. The molecular weight excluding hydrogens is 342 g/mol. The number of piperidine rings is 1. The van der Waals surface area contributed by atoms with Crippen molar-refractivity contribution in [2.24, 2.45) is 10.9 Å². The Bertz CT molecular complexity index is 505. The highest BCUT2D eigenvalue weighted by Gasteiger charge is 2.33. The topological polar surface area (TPSA) is 69.2 Å². The highest BCUT2D eigenvalue weighted by atomic mass is 16.5. The summed E-state index contributed by atoms with van der Waals surface area (Å²) in [6.45, 7) is 13.5. The molecule has 7 nitrogen and oxygen atoms in total. The van der Waals surface area contributed by atoms with E-state index in [4.69, 9.17) is 4.74 Å². The zero-order valence-electron chi connectivity index (χ0n) is 18.0. The van der Waals surface area contributed by atoms with E-state index in [2.05, 4.69) is 53.1 Å². The normalized spacial score (nSPS) is 26.1. The van der Waals surface area contributed by atoms with E-state index in [0.717, 1.165) is 51.5 Å². The van der Waals surface area contributed by atoms with Crippen LogP contribution in [0.4, 0.5) is 0 Å². The van der Waals surface area contributed by atoms with E-state index in [0.29, 0.717) is 12.3 Å². The fourth-order valence-electron chi connectivity index (χ4n) is 4.12. The molecule has 0 saturated carbocycles. The van der Waals surface area contributed by atoms with Crippen LogP contribution in [0.1, 0.15) is 47.0 Å². The number of hydrogen-bond donors (Lipinski definition) is 2. The molecule has 2 unspecified atom stereocenters. The first-order valence-corrected chi connectivity index (χ1v) is 10.3. The van der Waals surface area contributed by atoms with E-state index in [1.54, 1.807) is 7.05 Å². The first kappa shape index (κ1) is 22.0. The van der Waals surface area contributed by atoms with Gasteiger partial charge in [0.05, 0.1) is 12.2 Å². The molecule has 0 radical (unpaired) electrons. The van der Waals surface area contributed by atoms with E-state index >= 15 is 0 Å². The Morgan fingerprint density at radius 3 is 2.30 bits per heavy atom. The van der Waals surface area contributed by atoms with Crippen molar-refractivity contribution in [3.63, 3.8) is 0 Å². The van der Waals surface area contributed by atoms with Crippen LogP contribution in [0.3, 0.4) is 0 Å². The Morgan fingerprint density at radius 1 is 1.19 bits per heavy atom. The molecule has 0 spiro atoms. The summed E-state index contributed by atoms with van der Waals surface area (Å²) in [4.78, 5) is 20.9. The molecule has 2 N–H and O–H groups in total. The molecule has 2 aliphatic rings. The molecule has 2 heterocycles. The minimum absolute atomic E-state index is 0.0276. The second-order valence-electron chi connectivity index (χ2n) is 8.68. The number of nitrogens with zero attached hydrogens (tertiary/aromatic N) is 3. The van der Waals surface area contributed by atoms with Gasteiger partial charge in [-0.1, -0.05) is 0 Å². The predicted molar refractivity (Wildman–Crippen MR) is 110 cm³/mol. The van der Waals surface area contributed by atoms with Gasteiger partial charge in [-0.05, 0) is 46.5 Å². The number of aliphatic imine (C=N–C) groups is 1. The summed E-state index contributed by atoms with van der Waals surface area (Å²) in [5, 5.41) is 6.32. The van der Waals surface area contributed by atoms with E-state index in [9.17, 15) is 4.79 Å². The summed E-state index contributed by atoms with van der Waals surface area (Å²) in [7, 11) is 3.56. The second-order valence-corrected chi connectivity index (χ2v) is 8.68. The molecule has 2 atom stereocenters. The van der Waals surface area contributed by atoms with Crippen molar-refractivity contribution >= 4 is 11.9 Å². The number of nitrogens with one attached hydrogen (secondary N) is 2. The summed E-state index contributed by atoms with van der Waals surface area (Å²) in [6, 6.07) is 0. The van der Waals surface area contributed by atoms with Gasteiger partial charge in [-0.25, -0.2) is 0 Å². The number of carbonyl (C=O) groups is 1. The Kier molecular flexibility index (Phi) is 7.91. The van der Waals surface area contributed by atoms with E-state index in [-0.39, 0.29) is 23.7 Å². The van der Waals surface area contributed by atoms with Crippen LogP contribution in [-0.4, -0.2) is 86.2 Å². The van der Waals surface area contributed by atoms with Gasteiger partial charge in [-0.15, -0.1) is 0 Å². The molecule has 0 aliphatic carbocycles. The summed E-state index contributed by atoms with van der Waals surface area (Å²) in [5.41, 5.74) is 0.0276. The fourth-order valence-corrected chi connectivity index (χ4v) is 4.12. The van der Waals surface area contributed by atoms with Crippen LogP contribution in [0, 0.1) is 5.92 Å². The van der Waals surface area contributed by atoms with E-state index in [1.807, 2.05) is 7.05 Å². The number of guanidine groups is 1. The number of likely N-dealkylation sites (tertiary alicyclic amines) is 1. The molecule has 0 aromatic heterocycles. The first-order chi connectivity index (χ1) is 12.7. The summed E-state index contributed by atoms with van der Waals surface area (Å²) < 4.78 is 5.88. The zero-order valence-corrected chi connectivity index (χ0v) is 18.0. The van der Waals surface area contributed by atoms with Gasteiger partial charge in [-0.3, -0.25) is 14.7 Å². The molecule has 156 valence electrons. The van der Waals surface area contributed by atoms with Crippen LogP contribution in [0.25, 0.3) is 0 Å². The number of hydrogen-bond acceptors (Lipinski definition) is 4. The van der Waals surface area contributed by atoms with Crippen LogP contribution in [0.2, 0.25) is 0 Å². The largest absolute Gasteiger partial charge is 0.373 e. The fraction of sp³-hybridized carbons (Fsp3) is 0.900. The van der Waals surface area contributed by atoms with Crippen molar-refractivity contribution in [2.45, 2.75) is 64.7 Å². The zero-order chi connectivity index (χ0) is 20.0. The molecule has 27 heavy (non-hydrogen) atoms. The maximum atomic E-state index is 11.6. The van der Waals surface area contributed by atoms with Gasteiger partial charge in [0, 0.05) is 58.8 Å². The van der Waals surface area contributed by atoms with Crippen LogP contribution >= 0.6 is 0 Å². The Labute approximate surface area is 164 Å². The van der Waals surface area contributed by atoms with Crippen molar-refractivity contribution in [3.8, 4) is 0 Å². The van der Waals surface area contributed by atoms with E-state index < -0.39 is 0 Å². The maximum absolute atomic E-state index is 11.6. The van der Waals surface area contributed by atoms with Gasteiger partial charge < -0.3 is 20.3 Å². The van der Waals surface area contributed by atoms with Crippen molar-refractivity contribution in [3.05, 3.63) is 0 Å². The lowest BCUT2D eigenvalue weighted by atomic mass is 9.93. The lowest BCUT2D eigenvalue weighted by Gasteiger charge is -2.45. The van der Waals surface area contributed by atoms with Crippen molar-refractivity contribution in [1.82, 2.24) is 20.4 Å². The van der Waals surface area contributed by atoms with Gasteiger partial charge in [-0.2, -0.15) is 0 Å². The van der Waals surface area contributed by atoms with Gasteiger partial charge in [0.15, 0.2) is 5.96 Å². The third-order valence-corrected chi connectivity index (χ3v) is 5.83. The molecule has 2 rings (SSSR count). The molecular formula is C20H39N5O2. The molecule has 1 amide bonds. The number of carbonyl (C=O) groups excluding carboxylic acids is 1. The molecule has 0 bridgehead atoms. The lowest BCUT2D eigenvalue weighted by Crippen LogP contribution is -2.59. The Balaban J connectivity index is 1.84. The van der Waals surface area contributed by atoms with Crippen LogP contribution < -0.4 is 10.6 Å². The molecule has 2 fully saturated rings. The Hall–Kier alpha value is -1.34. The highest BCUT2D eigenvalue weighted by Crippen LogP contribution is 2.22. The second kappa shape index (κ2) is 9.73. The number of ether oxygens (including phenoxy) is 1. The number of amides is 1. The summed E-state index contributed by atoms with van der Waals surface area (Å²) >= 11 is 0. The van der Waals surface area contributed by atoms with Crippen LogP contribution in [0.5, 0.6) is 0 Å². The standard InChI is InChI=1S/C20H39N5O2/c1-15-12-25(13-16(2)27-15)20(3,4)14-23-19(22-6)24-9-7-17(8-10-24)11-18(26)21-5/h15-17H,7-14H2,1-6H3,(H,21,26)(H,22,23). The molecule has 0 aromatic rings. The maximum Gasteiger partial charge on any atom is 0.220 e. The van der Waals surface area contributed by atoms with Crippen molar-refractivity contribution < 1.29 is 9.53 Å². The quantitative estimate of drug-likeness (QED) is 0.555. The first-order valence-electron chi connectivity index (χ1n) is 10.3. The molecule has 2 saturated heterocycles. The van der Waals surface area contributed by atoms with E-state index in [1.165, 1.54) is 0 Å². The van der Waals surface area contributed by atoms with Crippen LogP contribution in [0.15, 0.2) is 4.99 Å². The SMILES string of the molecule is CN=C(NCC(C)(C)N1CC(C)OC(C)C1)N1CCC(CC(=O)NC)CC1. The number of rotatable bonds is 5. The molecule has 2 aliphatic heterocycles. The molecule has 7 heteroatoms. The summed E-state index contributed by atoms with van der Waals surface area (Å²) in [5.74, 6) is 1.59. The average molecular weight is 382 g/mol. The van der Waals surface area contributed by atoms with Crippen molar-refractivity contribution in [1.29, 1.82) is 0 Å². The number of morpholine rings is 1. The van der Waals surface area contributed by atoms with Gasteiger partial charge in [0.2, 0.25) is 5.91 Å². The minimum atomic E-state index is 0.0276. The Morgan fingerprint density at radius 2 is 1.78 bits per heavy atom. The monoisotopic (exact) mass is 381 g/mol. The van der Waals surface area contributed by atoms with Gasteiger partial charge >= 0.3 is 0 Å². The third kappa shape index (κ3) is 6.35. The third-order valence-electron chi connectivity index (χ3n) is 5.83. The van der Waals surface area contributed by atoms with Gasteiger partial charge in [0.25, 0.3) is 0 Å². The predicted octanol–water partition coefficient (Wildman–Crippen LogP) is 1.30. The van der Waals surface area contributed by atoms with Crippen molar-refractivity contribution in [2.75, 3.05) is 46.8 Å².